The zero-order valence-electron chi connectivity index (χ0n) is 17.4. The molecule has 1 aromatic carbocycles. The van der Waals surface area contributed by atoms with Gasteiger partial charge in [-0.05, 0) is 37.1 Å². The maximum Gasteiger partial charge on any atom is 0.261 e. The lowest BCUT2D eigenvalue weighted by Crippen LogP contribution is -2.44. The molecule has 0 bridgehead atoms. The van der Waals surface area contributed by atoms with Gasteiger partial charge in [0.2, 0.25) is 0 Å². The van der Waals surface area contributed by atoms with Crippen molar-refractivity contribution in [1.82, 2.24) is 15.6 Å². The highest BCUT2D eigenvalue weighted by molar-refractivity contribution is 7.92. The maximum atomic E-state index is 12.8. The number of rotatable bonds is 8. The summed E-state index contributed by atoms with van der Waals surface area (Å²) in [5.41, 5.74) is 1.71. The van der Waals surface area contributed by atoms with E-state index in [9.17, 15) is 13.2 Å². The molecule has 1 aliphatic heterocycles. The Morgan fingerprint density at radius 3 is 2.50 bits per heavy atom. The molecule has 1 fully saturated rings. The van der Waals surface area contributed by atoms with Crippen LogP contribution in [0.3, 0.4) is 0 Å². The molecule has 162 valence electrons. The normalized spacial score (nSPS) is 14.4. The molecule has 0 spiro atoms. The molecule has 1 saturated heterocycles. The number of nitrogens with zero attached hydrogens (tertiary/aromatic N) is 2. The number of pyridine rings is 1. The number of benzene rings is 1. The number of amides is 1. The van der Waals surface area contributed by atoms with Crippen molar-refractivity contribution >= 4 is 27.4 Å². The SMILES string of the molecule is CCCc1ccc(S(=O)(=O)Nc2cnc(N3CCNCC3)c(C(=O)NCC)c2)cc1. The number of aryl methyl sites for hydroxylation is 1. The van der Waals surface area contributed by atoms with Crippen LogP contribution in [0.4, 0.5) is 11.5 Å². The van der Waals surface area contributed by atoms with Crippen LogP contribution in [0.15, 0.2) is 41.4 Å². The number of hydrogen-bond donors (Lipinski definition) is 3. The summed E-state index contributed by atoms with van der Waals surface area (Å²) in [5, 5.41) is 6.05. The van der Waals surface area contributed by atoms with E-state index in [4.69, 9.17) is 0 Å². The molecule has 30 heavy (non-hydrogen) atoms. The Bertz CT molecular complexity index is 971. The number of aromatic nitrogens is 1. The molecule has 0 saturated carbocycles. The molecule has 2 heterocycles. The van der Waals surface area contributed by atoms with Crippen molar-refractivity contribution in [3.05, 3.63) is 47.7 Å². The second-order valence-electron chi connectivity index (χ2n) is 7.19. The smallest absolute Gasteiger partial charge is 0.261 e. The van der Waals surface area contributed by atoms with Crippen molar-refractivity contribution in [1.29, 1.82) is 0 Å². The Morgan fingerprint density at radius 2 is 1.87 bits per heavy atom. The molecule has 0 atom stereocenters. The van der Waals surface area contributed by atoms with E-state index in [0.717, 1.165) is 44.6 Å². The van der Waals surface area contributed by atoms with Crippen molar-refractivity contribution in [2.24, 2.45) is 0 Å². The van der Waals surface area contributed by atoms with Gasteiger partial charge in [-0.15, -0.1) is 0 Å². The summed E-state index contributed by atoms with van der Waals surface area (Å²) >= 11 is 0. The van der Waals surface area contributed by atoms with E-state index in [-0.39, 0.29) is 16.5 Å². The first-order valence-corrected chi connectivity index (χ1v) is 11.8. The Kier molecular flexibility index (Phi) is 7.28. The van der Waals surface area contributed by atoms with Crippen LogP contribution in [0.25, 0.3) is 0 Å². The van der Waals surface area contributed by atoms with Gasteiger partial charge < -0.3 is 15.5 Å². The first-order valence-electron chi connectivity index (χ1n) is 10.3. The third kappa shape index (κ3) is 5.28. The van der Waals surface area contributed by atoms with Crippen molar-refractivity contribution in [2.75, 3.05) is 42.3 Å². The molecule has 0 unspecified atom stereocenters. The number of anilines is 2. The summed E-state index contributed by atoms with van der Waals surface area (Å²) in [4.78, 5) is 19.3. The lowest BCUT2D eigenvalue weighted by atomic mass is 10.1. The molecule has 2 aromatic rings. The highest BCUT2D eigenvalue weighted by Gasteiger charge is 2.22. The standard InChI is InChI=1S/C21H29N5O3S/c1-3-5-16-6-8-18(9-7-16)30(28,29)25-17-14-19(21(27)23-4-2)20(24-15-17)26-12-10-22-11-13-26/h6-9,14-15,22,25H,3-5,10-13H2,1-2H3,(H,23,27). The van der Waals surface area contributed by atoms with Crippen LogP contribution < -0.4 is 20.3 Å². The largest absolute Gasteiger partial charge is 0.353 e. The van der Waals surface area contributed by atoms with Crippen LogP contribution >= 0.6 is 0 Å². The summed E-state index contributed by atoms with van der Waals surface area (Å²) in [7, 11) is -3.78. The highest BCUT2D eigenvalue weighted by Crippen LogP contribution is 2.24. The molecule has 0 aliphatic carbocycles. The maximum absolute atomic E-state index is 12.8. The highest BCUT2D eigenvalue weighted by atomic mass is 32.2. The van der Waals surface area contributed by atoms with Gasteiger partial charge in [0.25, 0.3) is 15.9 Å². The number of sulfonamides is 1. The third-order valence-electron chi connectivity index (χ3n) is 4.89. The van der Waals surface area contributed by atoms with Crippen LogP contribution in [0.5, 0.6) is 0 Å². The van der Waals surface area contributed by atoms with Crippen LogP contribution in [-0.4, -0.2) is 52.0 Å². The Balaban J connectivity index is 1.87. The molecular weight excluding hydrogens is 402 g/mol. The Hall–Kier alpha value is -2.65. The predicted molar refractivity (Wildman–Crippen MR) is 119 cm³/mol. The molecule has 0 radical (unpaired) electrons. The topological polar surface area (TPSA) is 103 Å². The quantitative estimate of drug-likeness (QED) is 0.591. The number of carbonyl (C=O) groups excluding carboxylic acids is 1. The summed E-state index contributed by atoms with van der Waals surface area (Å²) in [6, 6.07) is 8.40. The van der Waals surface area contributed by atoms with Crippen LogP contribution in [0.1, 0.15) is 36.2 Å². The monoisotopic (exact) mass is 431 g/mol. The molecule has 8 nitrogen and oxygen atoms in total. The van der Waals surface area contributed by atoms with Crippen molar-refractivity contribution in [3.63, 3.8) is 0 Å². The van der Waals surface area contributed by atoms with Gasteiger partial charge in [-0.2, -0.15) is 0 Å². The van der Waals surface area contributed by atoms with Gasteiger partial charge in [0.15, 0.2) is 0 Å². The number of nitrogens with one attached hydrogen (secondary N) is 3. The number of hydrogen-bond acceptors (Lipinski definition) is 6. The number of carbonyl (C=O) groups is 1. The van der Waals surface area contributed by atoms with Gasteiger partial charge >= 0.3 is 0 Å². The van der Waals surface area contributed by atoms with Gasteiger partial charge in [-0.25, -0.2) is 13.4 Å². The fourth-order valence-corrected chi connectivity index (χ4v) is 4.44. The zero-order valence-corrected chi connectivity index (χ0v) is 18.3. The minimum atomic E-state index is -3.78. The fraction of sp³-hybridized carbons (Fsp3) is 0.429. The first-order chi connectivity index (χ1) is 14.4. The van der Waals surface area contributed by atoms with E-state index < -0.39 is 10.0 Å². The van der Waals surface area contributed by atoms with E-state index in [0.29, 0.717) is 17.9 Å². The minimum absolute atomic E-state index is 0.174. The molecule has 1 amide bonds. The lowest BCUT2D eigenvalue weighted by molar-refractivity contribution is 0.0956. The lowest BCUT2D eigenvalue weighted by Gasteiger charge is -2.30. The number of piperazine rings is 1. The fourth-order valence-electron chi connectivity index (χ4n) is 3.40. The van der Waals surface area contributed by atoms with E-state index in [1.165, 1.54) is 6.20 Å². The summed E-state index contributed by atoms with van der Waals surface area (Å²) < 4.78 is 28.2. The third-order valence-corrected chi connectivity index (χ3v) is 6.29. The van der Waals surface area contributed by atoms with Crippen molar-refractivity contribution < 1.29 is 13.2 Å². The first kappa shape index (κ1) is 22.0. The predicted octanol–water partition coefficient (Wildman–Crippen LogP) is 1.99. The zero-order chi connectivity index (χ0) is 21.6. The molecule has 3 N–H and O–H groups in total. The van der Waals surface area contributed by atoms with E-state index in [1.807, 2.05) is 24.0 Å². The van der Waals surface area contributed by atoms with E-state index >= 15 is 0 Å². The molecule has 9 heteroatoms. The molecule has 1 aliphatic rings. The summed E-state index contributed by atoms with van der Waals surface area (Å²) in [6.07, 6.45) is 3.36. The molecular formula is C21H29N5O3S. The average Bonchev–Trinajstić information content (AvgIpc) is 2.75. The van der Waals surface area contributed by atoms with Crippen molar-refractivity contribution in [2.45, 2.75) is 31.6 Å². The van der Waals surface area contributed by atoms with Gasteiger partial charge in [-0.3, -0.25) is 9.52 Å². The Labute approximate surface area is 178 Å². The molecule has 3 rings (SSSR count). The van der Waals surface area contributed by atoms with Gasteiger partial charge in [0.05, 0.1) is 22.3 Å². The molecule has 1 aromatic heterocycles. The second kappa shape index (κ2) is 9.90. The van der Waals surface area contributed by atoms with Crippen LogP contribution in [0, 0.1) is 0 Å². The minimum Gasteiger partial charge on any atom is -0.353 e. The van der Waals surface area contributed by atoms with Gasteiger partial charge in [-0.1, -0.05) is 25.5 Å². The Morgan fingerprint density at radius 1 is 1.17 bits per heavy atom. The second-order valence-corrected chi connectivity index (χ2v) is 8.87. The summed E-state index contributed by atoms with van der Waals surface area (Å²) in [6.45, 7) is 7.46. The van der Waals surface area contributed by atoms with E-state index in [1.54, 1.807) is 18.2 Å². The van der Waals surface area contributed by atoms with Gasteiger partial charge in [0.1, 0.15) is 5.82 Å². The van der Waals surface area contributed by atoms with Crippen molar-refractivity contribution in [3.8, 4) is 0 Å². The van der Waals surface area contributed by atoms with Crippen LogP contribution in [-0.2, 0) is 16.4 Å². The van der Waals surface area contributed by atoms with E-state index in [2.05, 4.69) is 27.3 Å². The average molecular weight is 432 g/mol. The van der Waals surface area contributed by atoms with Gasteiger partial charge in [0, 0.05) is 32.7 Å². The van der Waals surface area contributed by atoms with Crippen LogP contribution in [0.2, 0.25) is 0 Å². The summed E-state index contributed by atoms with van der Waals surface area (Å²) in [5.74, 6) is 0.290.